The maximum Gasteiger partial charge on any atom is 0.398 e. The third kappa shape index (κ3) is 2.84. The number of carbonyl (C=O) groups excluding carboxylic acids is 1. The maximum absolute atomic E-state index is 16.2. The van der Waals surface area contributed by atoms with Crippen LogP contribution in [0.15, 0.2) is 58.7 Å². The van der Waals surface area contributed by atoms with Crippen molar-refractivity contribution in [3.05, 3.63) is 71.2 Å². The number of carbonyl (C=O) groups is 1. The Kier molecular flexibility index (Phi) is 4.52. The molecule has 5 atom stereocenters. The van der Waals surface area contributed by atoms with Gasteiger partial charge in [0, 0.05) is 42.3 Å². The van der Waals surface area contributed by atoms with Gasteiger partial charge in [-0.05, 0) is 25.5 Å². The molecule has 0 aromatic heterocycles. The van der Waals surface area contributed by atoms with Crippen LogP contribution in [0.2, 0.25) is 0 Å². The summed E-state index contributed by atoms with van der Waals surface area (Å²) in [6, 6.07) is 7.09. The summed E-state index contributed by atoms with van der Waals surface area (Å²) in [6.07, 6.45) is 6.55. The quantitative estimate of drug-likeness (QED) is 0.458. The number of aliphatic hydroxyl groups is 1. The number of amides is 1. The molecule has 7 rings (SSSR count). The summed E-state index contributed by atoms with van der Waals surface area (Å²) in [5, 5.41) is 13.7. The molecule has 37 heavy (non-hydrogen) atoms. The van der Waals surface area contributed by atoms with Crippen LogP contribution in [-0.4, -0.2) is 40.7 Å². The minimum atomic E-state index is -1.81. The Morgan fingerprint density at radius 1 is 1.30 bits per heavy atom. The van der Waals surface area contributed by atoms with E-state index in [1.807, 2.05) is 13.0 Å². The molecular weight excluding hydrogens is 478 g/mol. The molecular formula is C28H25F2N4O3+. The molecule has 2 N–H and O–H groups in total. The summed E-state index contributed by atoms with van der Waals surface area (Å²) >= 11 is 0. The van der Waals surface area contributed by atoms with Gasteiger partial charge >= 0.3 is 6.48 Å². The molecule has 1 fully saturated rings. The summed E-state index contributed by atoms with van der Waals surface area (Å²) in [5.41, 5.74) is 2.23. The first-order valence-electron chi connectivity index (χ1n) is 12.5. The maximum atomic E-state index is 16.2. The zero-order chi connectivity index (χ0) is 25.7. The number of halogens is 2. The molecule has 7 nitrogen and oxygen atoms in total. The van der Waals surface area contributed by atoms with Crippen LogP contribution in [0.4, 0.5) is 20.2 Å². The number of hydrogen-bond donors (Lipinski definition) is 2. The number of benzene rings is 2. The fourth-order valence-corrected chi connectivity index (χ4v) is 6.32. The fraction of sp³-hybridized carbons (Fsp3) is 0.321. The fourth-order valence-electron chi connectivity index (χ4n) is 6.32. The molecule has 5 heterocycles. The van der Waals surface area contributed by atoms with Gasteiger partial charge in [0.2, 0.25) is 5.84 Å². The number of alkyl halides is 1. The van der Waals surface area contributed by atoms with E-state index in [1.54, 1.807) is 43.5 Å². The molecule has 9 heteroatoms. The Balaban J connectivity index is 1.41. The van der Waals surface area contributed by atoms with E-state index in [-0.39, 0.29) is 16.0 Å². The lowest BCUT2D eigenvalue weighted by molar-refractivity contribution is -0.0598. The van der Waals surface area contributed by atoms with Gasteiger partial charge in [0.15, 0.2) is 5.69 Å². The highest BCUT2D eigenvalue weighted by molar-refractivity contribution is 6.12. The Labute approximate surface area is 212 Å². The van der Waals surface area contributed by atoms with Gasteiger partial charge in [-0.3, -0.25) is 9.79 Å². The van der Waals surface area contributed by atoms with Crippen molar-refractivity contribution >= 4 is 34.4 Å². The van der Waals surface area contributed by atoms with Crippen molar-refractivity contribution in [2.75, 3.05) is 0 Å². The molecule has 0 aliphatic carbocycles. The smallest absolute Gasteiger partial charge is 0.398 e. The van der Waals surface area contributed by atoms with E-state index in [4.69, 9.17) is 4.74 Å². The highest BCUT2D eigenvalue weighted by Crippen LogP contribution is 2.60. The second-order valence-corrected chi connectivity index (χ2v) is 10.4. The molecule has 0 saturated carbocycles. The Hall–Kier alpha value is -3.69. The second kappa shape index (κ2) is 7.43. The van der Waals surface area contributed by atoms with E-state index in [0.717, 1.165) is 0 Å². The molecule has 1 spiro atoms. The van der Waals surface area contributed by atoms with Gasteiger partial charge in [-0.25, -0.2) is 4.39 Å². The minimum absolute atomic E-state index is 0.251. The van der Waals surface area contributed by atoms with Gasteiger partial charge in [-0.15, -0.1) is 4.39 Å². The number of ether oxygens (including phenoxy) is 1. The molecule has 5 aliphatic rings. The van der Waals surface area contributed by atoms with Crippen LogP contribution in [0.25, 0.3) is 5.57 Å². The van der Waals surface area contributed by atoms with E-state index < -0.39 is 30.0 Å². The molecule has 3 unspecified atom stereocenters. The second-order valence-electron chi connectivity index (χ2n) is 10.4. The van der Waals surface area contributed by atoms with Crippen molar-refractivity contribution in [2.24, 2.45) is 9.98 Å². The third-order valence-electron chi connectivity index (χ3n) is 8.42. The molecule has 2 bridgehead atoms. The van der Waals surface area contributed by atoms with Crippen LogP contribution >= 0.6 is 0 Å². The molecule has 0 radical (unpaired) electrons. The number of rotatable bonds is 3. The topological polar surface area (TPSA) is 83.3 Å². The van der Waals surface area contributed by atoms with Gasteiger partial charge in [0.1, 0.15) is 29.3 Å². The summed E-state index contributed by atoms with van der Waals surface area (Å²) in [6.45, 7) is 1.77. The Morgan fingerprint density at radius 3 is 2.95 bits per heavy atom. The first-order chi connectivity index (χ1) is 17.8. The van der Waals surface area contributed by atoms with Crippen molar-refractivity contribution in [3.63, 3.8) is 0 Å². The van der Waals surface area contributed by atoms with Crippen LogP contribution in [0.5, 0.6) is 5.75 Å². The predicted octanol–water partition coefficient (Wildman–Crippen LogP) is 4.98. The average molecular weight is 504 g/mol. The highest BCUT2D eigenvalue weighted by atomic mass is 19.2. The van der Waals surface area contributed by atoms with Crippen LogP contribution in [0.1, 0.15) is 60.6 Å². The van der Waals surface area contributed by atoms with Crippen molar-refractivity contribution in [1.29, 1.82) is 0 Å². The van der Waals surface area contributed by atoms with Crippen LogP contribution < -0.4 is 14.5 Å². The third-order valence-corrected chi connectivity index (χ3v) is 8.42. The van der Waals surface area contributed by atoms with E-state index >= 15 is 8.78 Å². The monoisotopic (exact) mass is 503 g/mol. The van der Waals surface area contributed by atoms with Crippen molar-refractivity contribution in [2.45, 2.75) is 57.3 Å². The number of allylic oxidation sites excluding steroid dienone is 3. The predicted molar refractivity (Wildman–Crippen MR) is 136 cm³/mol. The van der Waals surface area contributed by atoms with Gasteiger partial charge in [0.25, 0.3) is 5.91 Å². The average Bonchev–Trinajstić information content (AvgIpc) is 3.14. The summed E-state index contributed by atoms with van der Waals surface area (Å²) in [4.78, 5) is 22.1. The minimum Gasteiger partial charge on any atom is -0.414 e. The number of quaternary nitrogens is 1. The first kappa shape index (κ1) is 22.5. The lowest BCUT2D eigenvalue weighted by Crippen LogP contribution is -2.63. The molecule has 188 valence electrons. The normalized spacial score (nSPS) is 30.0. The number of hydrogen-bond acceptors (Lipinski definition) is 5. The molecule has 1 saturated heterocycles. The van der Waals surface area contributed by atoms with Crippen LogP contribution in [0, 0.1) is 5.82 Å². The molecule has 2 aromatic carbocycles. The summed E-state index contributed by atoms with van der Waals surface area (Å²) < 4.78 is 37.2. The first-order valence-corrected chi connectivity index (χ1v) is 12.5. The van der Waals surface area contributed by atoms with Crippen LogP contribution in [-0.2, 0) is 0 Å². The lowest BCUT2D eigenvalue weighted by atomic mass is 9.94. The molecule has 2 aromatic rings. The van der Waals surface area contributed by atoms with Crippen LogP contribution in [0.3, 0.4) is 0 Å². The van der Waals surface area contributed by atoms with E-state index in [1.165, 1.54) is 6.07 Å². The van der Waals surface area contributed by atoms with Gasteiger partial charge < -0.3 is 15.2 Å². The van der Waals surface area contributed by atoms with E-state index in [9.17, 15) is 9.90 Å². The van der Waals surface area contributed by atoms with Crippen molar-refractivity contribution < 1.29 is 23.4 Å². The van der Waals surface area contributed by atoms with E-state index in [2.05, 4.69) is 15.3 Å². The van der Waals surface area contributed by atoms with Gasteiger partial charge in [-0.1, -0.05) is 25.1 Å². The zero-order valence-electron chi connectivity index (χ0n) is 20.3. The lowest BCUT2D eigenvalue weighted by Gasteiger charge is -2.43. The van der Waals surface area contributed by atoms with Gasteiger partial charge in [0.05, 0.1) is 22.4 Å². The SMILES string of the molecule is CC[C@](C)(O)C1=NC=C(c2cc3c(cc2F)N=C2[C@H]4CC5c6c(cccc6C(=O)N4)OC(F)[N+]235)C=CC1. The molecule has 1 amide bonds. The Morgan fingerprint density at radius 2 is 2.14 bits per heavy atom. The highest BCUT2D eigenvalue weighted by Gasteiger charge is 2.69. The number of aliphatic imine (C=N–C) groups is 2. The number of fused-ring (bicyclic) bond motifs is 3. The molecule has 5 aliphatic heterocycles. The zero-order valence-corrected chi connectivity index (χ0v) is 20.3. The standard InChI is InChI=1S/C28H24F2N4O3/c1-3-28(2,36)23-9-4-6-14(13-31-23)16-10-20-18(11-17(16)29)32-25-19-12-21-24-15(26(35)33-19)7-5-8-22(24)37-27(30)34(20,21)25/h4-8,10-11,13,19,21,27,36H,3,9,12H2,1-2H3/p+1/t19-,21?,27?,28+,34?/m1/s1. The van der Waals surface area contributed by atoms with Gasteiger partial charge in [-0.2, -0.15) is 9.48 Å². The number of nitrogens with zero attached hydrogens (tertiary/aromatic N) is 3. The largest absolute Gasteiger partial charge is 0.414 e. The Bertz CT molecular complexity index is 1530. The van der Waals surface area contributed by atoms with E-state index in [0.29, 0.717) is 64.6 Å². The summed E-state index contributed by atoms with van der Waals surface area (Å²) in [5.74, 6) is 0.00717. The number of nitrogens with one attached hydrogen (secondary N) is 1. The summed E-state index contributed by atoms with van der Waals surface area (Å²) in [7, 11) is 0. The van der Waals surface area contributed by atoms with Crippen molar-refractivity contribution in [3.8, 4) is 5.75 Å². The van der Waals surface area contributed by atoms with Crippen molar-refractivity contribution in [1.82, 2.24) is 9.80 Å². The number of amidine groups is 1.